The summed E-state index contributed by atoms with van der Waals surface area (Å²) in [6, 6.07) is 19.6. The standard InChI is InChI=1S/C21H22N4O2/c26-21(17-6-4-9-19(14-17)25-11-5-10-23-25)22-15-20-16-24(12-13-27-20)18-7-2-1-3-8-18/h1-11,14,20H,12-13,15-16H2,(H,22,26). The summed E-state index contributed by atoms with van der Waals surface area (Å²) in [5.74, 6) is -0.107. The van der Waals surface area contributed by atoms with Gasteiger partial charge in [-0.05, 0) is 36.4 Å². The molecule has 1 N–H and O–H groups in total. The van der Waals surface area contributed by atoms with E-state index in [1.807, 2.05) is 48.7 Å². The molecule has 3 aromatic rings. The van der Waals surface area contributed by atoms with E-state index >= 15 is 0 Å². The van der Waals surface area contributed by atoms with Crippen LogP contribution in [-0.4, -0.2) is 48.0 Å². The predicted molar refractivity (Wildman–Crippen MR) is 104 cm³/mol. The van der Waals surface area contributed by atoms with Crippen molar-refractivity contribution in [3.63, 3.8) is 0 Å². The molecule has 0 radical (unpaired) electrons. The third kappa shape index (κ3) is 4.17. The van der Waals surface area contributed by atoms with Gasteiger partial charge in [0.25, 0.3) is 5.91 Å². The lowest BCUT2D eigenvalue weighted by Gasteiger charge is -2.34. The van der Waals surface area contributed by atoms with Crippen LogP contribution in [0.4, 0.5) is 5.69 Å². The van der Waals surface area contributed by atoms with E-state index < -0.39 is 0 Å². The fraction of sp³-hybridized carbons (Fsp3) is 0.238. The number of amides is 1. The lowest BCUT2D eigenvalue weighted by Crippen LogP contribution is -2.47. The van der Waals surface area contributed by atoms with Crippen molar-refractivity contribution in [2.45, 2.75) is 6.10 Å². The molecule has 4 rings (SSSR count). The van der Waals surface area contributed by atoms with Gasteiger partial charge >= 0.3 is 0 Å². The highest BCUT2D eigenvalue weighted by atomic mass is 16.5. The molecule has 0 spiro atoms. The number of carbonyl (C=O) groups excluding carboxylic acids is 1. The highest BCUT2D eigenvalue weighted by Gasteiger charge is 2.21. The second-order valence-electron chi connectivity index (χ2n) is 6.49. The van der Waals surface area contributed by atoms with Crippen LogP contribution in [0.3, 0.4) is 0 Å². The van der Waals surface area contributed by atoms with Crippen LogP contribution in [0.25, 0.3) is 5.69 Å². The van der Waals surface area contributed by atoms with E-state index in [-0.39, 0.29) is 12.0 Å². The smallest absolute Gasteiger partial charge is 0.251 e. The first-order valence-corrected chi connectivity index (χ1v) is 9.09. The number of ether oxygens (including phenoxy) is 1. The van der Waals surface area contributed by atoms with Crippen LogP contribution in [0.1, 0.15) is 10.4 Å². The zero-order valence-electron chi connectivity index (χ0n) is 15.0. The quantitative estimate of drug-likeness (QED) is 0.758. The van der Waals surface area contributed by atoms with Crippen LogP contribution in [-0.2, 0) is 4.74 Å². The molecule has 6 heteroatoms. The van der Waals surface area contributed by atoms with Crippen molar-refractivity contribution < 1.29 is 9.53 Å². The Kier molecular flexibility index (Phi) is 5.16. The average Bonchev–Trinajstić information content (AvgIpc) is 3.28. The molecule has 138 valence electrons. The number of morpholine rings is 1. The largest absolute Gasteiger partial charge is 0.373 e. The maximum atomic E-state index is 12.6. The monoisotopic (exact) mass is 362 g/mol. The molecule has 1 saturated heterocycles. The molecule has 0 aliphatic carbocycles. The number of para-hydroxylation sites is 1. The van der Waals surface area contributed by atoms with Crippen LogP contribution in [0.2, 0.25) is 0 Å². The van der Waals surface area contributed by atoms with Gasteiger partial charge in [-0.2, -0.15) is 5.10 Å². The molecular formula is C21H22N4O2. The number of anilines is 1. The van der Waals surface area contributed by atoms with E-state index in [9.17, 15) is 4.79 Å². The lowest BCUT2D eigenvalue weighted by molar-refractivity contribution is 0.0397. The number of aromatic nitrogens is 2. The van der Waals surface area contributed by atoms with Gasteiger partial charge in [0.05, 0.1) is 18.4 Å². The van der Waals surface area contributed by atoms with E-state index in [0.29, 0.717) is 18.7 Å². The summed E-state index contributed by atoms with van der Waals surface area (Å²) in [6.07, 6.45) is 3.54. The van der Waals surface area contributed by atoms with Gasteiger partial charge < -0.3 is 15.0 Å². The van der Waals surface area contributed by atoms with Gasteiger partial charge in [-0.15, -0.1) is 0 Å². The zero-order valence-corrected chi connectivity index (χ0v) is 15.0. The lowest BCUT2D eigenvalue weighted by atomic mass is 10.1. The minimum absolute atomic E-state index is 0.0304. The number of hydrogen-bond acceptors (Lipinski definition) is 4. The Balaban J connectivity index is 1.36. The SMILES string of the molecule is O=C(NCC1CN(c2ccccc2)CCO1)c1cccc(-n2cccn2)c1. The molecule has 1 atom stereocenters. The fourth-order valence-electron chi connectivity index (χ4n) is 3.24. The second-order valence-corrected chi connectivity index (χ2v) is 6.49. The number of rotatable bonds is 5. The number of hydrogen-bond donors (Lipinski definition) is 1. The molecule has 2 aromatic carbocycles. The van der Waals surface area contributed by atoms with Crippen molar-refractivity contribution in [2.75, 3.05) is 31.1 Å². The molecule has 0 bridgehead atoms. The molecule has 27 heavy (non-hydrogen) atoms. The topological polar surface area (TPSA) is 59.4 Å². The molecule has 1 aliphatic rings. The van der Waals surface area contributed by atoms with Crippen molar-refractivity contribution in [2.24, 2.45) is 0 Å². The minimum atomic E-state index is -0.107. The van der Waals surface area contributed by atoms with Crippen molar-refractivity contribution in [1.82, 2.24) is 15.1 Å². The van der Waals surface area contributed by atoms with E-state index in [1.54, 1.807) is 16.9 Å². The Morgan fingerprint density at radius 1 is 1.11 bits per heavy atom. The third-order valence-corrected chi connectivity index (χ3v) is 4.63. The summed E-state index contributed by atoms with van der Waals surface area (Å²) >= 11 is 0. The summed E-state index contributed by atoms with van der Waals surface area (Å²) < 4.78 is 7.56. The first-order valence-electron chi connectivity index (χ1n) is 9.09. The van der Waals surface area contributed by atoms with Gasteiger partial charge in [0.15, 0.2) is 0 Å². The van der Waals surface area contributed by atoms with E-state index in [1.165, 1.54) is 5.69 Å². The first-order chi connectivity index (χ1) is 13.3. The van der Waals surface area contributed by atoms with Crippen LogP contribution in [0, 0.1) is 0 Å². The molecule has 1 aromatic heterocycles. The van der Waals surface area contributed by atoms with Gasteiger partial charge in [-0.1, -0.05) is 24.3 Å². The van der Waals surface area contributed by atoms with Crippen LogP contribution >= 0.6 is 0 Å². The molecule has 1 unspecified atom stereocenters. The highest BCUT2D eigenvalue weighted by Crippen LogP contribution is 2.17. The van der Waals surface area contributed by atoms with Crippen molar-refractivity contribution in [3.8, 4) is 5.69 Å². The number of carbonyl (C=O) groups is 1. The molecule has 0 saturated carbocycles. The number of benzene rings is 2. The normalized spacial score (nSPS) is 16.9. The third-order valence-electron chi connectivity index (χ3n) is 4.63. The Morgan fingerprint density at radius 3 is 2.78 bits per heavy atom. The highest BCUT2D eigenvalue weighted by molar-refractivity contribution is 5.94. The summed E-state index contributed by atoms with van der Waals surface area (Å²) in [7, 11) is 0. The molecule has 1 fully saturated rings. The van der Waals surface area contributed by atoms with E-state index in [4.69, 9.17) is 4.74 Å². The molecule has 2 heterocycles. The number of nitrogens with zero attached hydrogens (tertiary/aromatic N) is 3. The van der Waals surface area contributed by atoms with Crippen molar-refractivity contribution in [3.05, 3.63) is 78.6 Å². The van der Waals surface area contributed by atoms with Crippen LogP contribution in [0.5, 0.6) is 0 Å². The molecule has 6 nitrogen and oxygen atoms in total. The Morgan fingerprint density at radius 2 is 1.96 bits per heavy atom. The zero-order chi connectivity index (χ0) is 18.5. The Bertz CT molecular complexity index is 880. The van der Waals surface area contributed by atoms with Gasteiger partial charge in [-0.3, -0.25) is 4.79 Å². The molecule has 1 aliphatic heterocycles. The summed E-state index contributed by atoms with van der Waals surface area (Å²) in [5, 5.41) is 7.20. The van der Waals surface area contributed by atoms with Crippen LogP contribution < -0.4 is 10.2 Å². The maximum Gasteiger partial charge on any atom is 0.251 e. The summed E-state index contributed by atoms with van der Waals surface area (Å²) in [4.78, 5) is 14.8. The van der Waals surface area contributed by atoms with Gasteiger partial charge in [-0.25, -0.2) is 4.68 Å². The number of nitrogens with one attached hydrogen (secondary N) is 1. The van der Waals surface area contributed by atoms with E-state index in [0.717, 1.165) is 18.8 Å². The maximum absolute atomic E-state index is 12.6. The predicted octanol–water partition coefficient (Wildman–Crippen LogP) is 2.51. The second kappa shape index (κ2) is 8.05. The molecular weight excluding hydrogens is 340 g/mol. The minimum Gasteiger partial charge on any atom is -0.373 e. The summed E-state index contributed by atoms with van der Waals surface area (Å²) in [5.41, 5.74) is 2.65. The Labute approximate surface area is 158 Å². The van der Waals surface area contributed by atoms with Gasteiger partial charge in [0, 0.05) is 43.3 Å². The first kappa shape index (κ1) is 17.3. The molecule has 1 amide bonds. The van der Waals surface area contributed by atoms with E-state index in [2.05, 4.69) is 27.4 Å². The van der Waals surface area contributed by atoms with Crippen LogP contribution in [0.15, 0.2) is 73.1 Å². The van der Waals surface area contributed by atoms with Crippen molar-refractivity contribution >= 4 is 11.6 Å². The summed E-state index contributed by atoms with van der Waals surface area (Å²) in [6.45, 7) is 2.76. The average molecular weight is 362 g/mol. The Hall–Kier alpha value is -3.12. The van der Waals surface area contributed by atoms with Gasteiger partial charge in [0.1, 0.15) is 0 Å². The van der Waals surface area contributed by atoms with Gasteiger partial charge in [0.2, 0.25) is 0 Å². The fourth-order valence-corrected chi connectivity index (χ4v) is 3.24. The van der Waals surface area contributed by atoms with Crippen molar-refractivity contribution in [1.29, 1.82) is 0 Å².